The molecule has 1 heterocycles. The number of hydrogen-bond acceptors (Lipinski definition) is 5. The van der Waals surface area contributed by atoms with Gasteiger partial charge in [0.15, 0.2) is 0 Å². The molecule has 0 bridgehead atoms. The minimum atomic E-state index is -0.459. The maximum Gasteiger partial charge on any atom is 0.275 e. The summed E-state index contributed by atoms with van der Waals surface area (Å²) in [5.74, 6) is 0.0981. The fourth-order valence-electron chi connectivity index (χ4n) is 1.48. The summed E-state index contributed by atoms with van der Waals surface area (Å²) < 4.78 is 0. The summed E-state index contributed by atoms with van der Waals surface area (Å²) >= 11 is 5.85. The SMILES string of the molecule is CNc1cnc(C(=O)Nc2cc(Cl)ccc2C#N)cn1. The van der Waals surface area contributed by atoms with Gasteiger partial charge in [-0.2, -0.15) is 5.26 Å². The third kappa shape index (κ3) is 3.02. The van der Waals surface area contributed by atoms with Crippen LogP contribution in [0.3, 0.4) is 0 Å². The fourth-order valence-corrected chi connectivity index (χ4v) is 1.65. The number of anilines is 2. The lowest BCUT2D eigenvalue weighted by molar-refractivity contribution is 0.102. The van der Waals surface area contributed by atoms with E-state index in [1.807, 2.05) is 6.07 Å². The lowest BCUT2D eigenvalue weighted by Gasteiger charge is -2.07. The van der Waals surface area contributed by atoms with Crippen molar-refractivity contribution >= 4 is 29.0 Å². The Morgan fingerprint density at radius 2 is 2.15 bits per heavy atom. The van der Waals surface area contributed by atoms with Crippen molar-refractivity contribution in [3.8, 4) is 6.07 Å². The highest BCUT2D eigenvalue weighted by atomic mass is 35.5. The molecule has 2 rings (SSSR count). The second kappa shape index (κ2) is 5.99. The molecule has 2 aromatic rings. The van der Waals surface area contributed by atoms with Gasteiger partial charge in [0.2, 0.25) is 0 Å². The van der Waals surface area contributed by atoms with Crippen molar-refractivity contribution in [2.45, 2.75) is 0 Å². The van der Waals surface area contributed by atoms with Crippen LogP contribution in [0.1, 0.15) is 16.1 Å². The molecule has 6 nitrogen and oxygen atoms in total. The molecule has 20 heavy (non-hydrogen) atoms. The lowest BCUT2D eigenvalue weighted by Crippen LogP contribution is -2.15. The number of rotatable bonds is 3. The summed E-state index contributed by atoms with van der Waals surface area (Å²) in [5, 5.41) is 14.8. The Kier molecular flexibility index (Phi) is 4.13. The Morgan fingerprint density at radius 3 is 2.75 bits per heavy atom. The Morgan fingerprint density at radius 1 is 1.35 bits per heavy atom. The van der Waals surface area contributed by atoms with E-state index in [9.17, 15) is 4.79 Å². The number of benzene rings is 1. The lowest BCUT2D eigenvalue weighted by atomic mass is 10.2. The van der Waals surface area contributed by atoms with Gasteiger partial charge in [-0.15, -0.1) is 0 Å². The largest absolute Gasteiger partial charge is 0.372 e. The van der Waals surface area contributed by atoms with Crippen LogP contribution in [0, 0.1) is 11.3 Å². The monoisotopic (exact) mass is 287 g/mol. The van der Waals surface area contributed by atoms with Gasteiger partial charge < -0.3 is 10.6 Å². The van der Waals surface area contributed by atoms with E-state index in [1.165, 1.54) is 24.5 Å². The molecule has 0 saturated heterocycles. The first kappa shape index (κ1) is 13.8. The van der Waals surface area contributed by atoms with Gasteiger partial charge in [0.05, 0.1) is 23.6 Å². The molecule has 0 fully saturated rings. The second-order valence-corrected chi connectivity index (χ2v) is 4.23. The zero-order valence-corrected chi connectivity index (χ0v) is 11.3. The first-order chi connectivity index (χ1) is 9.63. The molecular weight excluding hydrogens is 278 g/mol. The van der Waals surface area contributed by atoms with E-state index < -0.39 is 5.91 Å². The van der Waals surface area contributed by atoms with Gasteiger partial charge >= 0.3 is 0 Å². The number of amides is 1. The van der Waals surface area contributed by atoms with Gasteiger partial charge in [-0.25, -0.2) is 9.97 Å². The first-order valence-electron chi connectivity index (χ1n) is 5.65. The minimum absolute atomic E-state index is 0.146. The van der Waals surface area contributed by atoms with E-state index in [2.05, 4.69) is 20.6 Å². The number of nitrogens with zero attached hydrogens (tertiary/aromatic N) is 3. The molecule has 0 aliphatic rings. The topological polar surface area (TPSA) is 90.7 Å². The van der Waals surface area contributed by atoms with Gasteiger partial charge in [0.25, 0.3) is 5.91 Å². The van der Waals surface area contributed by atoms with Gasteiger partial charge in [-0.05, 0) is 18.2 Å². The molecule has 0 unspecified atom stereocenters. The number of carbonyl (C=O) groups excluding carboxylic acids is 1. The van der Waals surface area contributed by atoms with E-state index >= 15 is 0 Å². The van der Waals surface area contributed by atoms with E-state index in [4.69, 9.17) is 16.9 Å². The predicted molar refractivity (Wildman–Crippen MR) is 75.7 cm³/mol. The zero-order chi connectivity index (χ0) is 14.5. The molecule has 2 N–H and O–H groups in total. The molecule has 7 heteroatoms. The predicted octanol–water partition coefficient (Wildman–Crippen LogP) is 2.30. The van der Waals surface area contributed by atoms with Crippen LogP contribution in [0.25, 0.3) is 0 Å². The van der Waals surface area contributed by atoms with Crippen molar-refractivity contribution in [3.05, 3.63) is 46.9 Å². The fraction of sp³-hybridized carbons (Fsp3) is 0.0769. The average molecular weight is 288 g/mol. The molecule has 0 spiro atoms. The number of nitriles is 1. The van der Waals surface area contributed by atoms with Crippen molar-refractivity contribution in [2.24, 2.45) is 0 Å². The summed E-state index contributed by atoms with van der Waals surface area (Å²) in [5.41, 5.74) is 0.805. The highest BCUT2D eigenvalue weighted by molar-refractivity contribution is 6.31. The number of halogens is 1. The van der Waals surface area contributed by atoms with Crippen LogP contribution in [0.4, 0.5) is 11.5 Å². The Balaban J connectivity index is 2.23. The Labute approximate surface area is 120 Å². The van der Waals surface area contributed by atoms with Crippen LogP contribution < -0.4 is 10.6 Å². The number of hydrogen-bond donors (Lipinski definition) is 2. The third-order valence-electron chi connectivity index (χ3n) is 2.49. The van der Waals surface area contributed by atoms with Crippen molar-refractivity contribution < 1.29 is 4.79 Å². The molecule has 0 aliphatic heterocycles. The maximum absolute atomic E-state index is 12.0. The molecule has 1 aromatic heterocycles. The number of aromatic nitrogens is 2. The number of nitrogens with one attached hydrogen (secondary N) is 2. The van der Waals surface area contributed by atoms with Crippen molar-refractivity contribution in [1.82, 2.24) is 9.97 Å². The standard InChI is InChI=1S/C13H10ClN5O/c1-16-12-7-17-11(6-18-12)13(20)19-10-4-9(14)3-2-8(10)5-15/h2-4,6-7H,1H3,(H,16,18)(H,19,20). The highest BCUT2D eigenvalue weighted by Crippen LogP contribution is 2.20. The van der Waals surface area contributed by atoms with E-state index in [0.29, 0.717) is 22.1 Å². The third-order valence-corrected chi connectivity index (χ3v) is 2.73. The van der Waals surface area contributed by atoms with Crippen LogP contribution >= 0.6 is 11.6 Å². The van der Waals surface area contributed by atoms with Crippen LogP contribution in [-0.4, -0.2) is 22.9 Å². The smallest absolute Gasteiger partial charge is 0.275 e. The molecule has 100 valence electrons. The van der Waals surface area contributed by atoms with Crippen LogP contribution in [0.2, 0.25) is 5.02 Å². The first-order valence-corrected chi connectivity index (χ1v) is 6.02. The minimum Gasteiger partial charge on any atom is -0.372 e. The summed E-state index contributed by atoms with van der Waals surface area (Å²) in [7, 11) is 1.70. The molecule has 0 aliphatic carbocycles. The maximum atomic E-state index is 12.0. The van der Waals surface area contributed by atoms with Gasteiger partial charge in [-0.1, -0.05) is 11.6 Å². The summed E-state index contributed by atoms with van der Waals surface area (Å²) in [4.78, 5) is 20.0. The quantitative estimate of drug-likeness (QED) is 0.904. The van der Waals surface area contributed by atoms with Gasteiger partial charge in [0.1, 0.15) is 17.6 Å². The molecule has 0 saturated carbocycles. The summed E-state index contributed by atoms with van der Waals surface area (Å²) in [6.07, 6.45) is 2.79. The number of carbonyl (C=O) groups is 1. The van der Waals surface area contributed by atoms with Crippen LogP contribution in [0.15, 0.2) is 30.6 Å². The van der Waals surface area contributed by atoms with E-state index in [0.717, 1.165) is 0 Å². The van der Waals surface area contributed by atoms with E-state index in [-0.39, 0.29) is 5.69 Å². The molecule has 0 atom stereocenters. The average Bonchev–Trinajstić information content (AvgIpc) is 2.47. The van der Waals surface area contributed by atoms with Gasteiger partial charge in [-0.3, -0.25) is 4.79 Å². The normalized spacial score (nSPS) is 9.65. The Bertz CT molecular complexity index is 678. The molecule has 1 amide bonds. The molecule has 1 aromatic carbocycles. The highest BCUT2D eigenvalue weighted by Gasteiger charge is 2.11. The van der Waals surface area contributed by atoms with E-state index in [1.54, 1.807) is 13.1 Å². The molecule has 0 radical (unpaired) electrons. The van der Waals surface area contributed by atoms with Crippen molar-refractivity contribution in [3.63, 3.8) is 0 Å². The second-order valence-electron chi connectivity index (χ2n) is 3.79. The van der Waals surface area contributed by atoms with Gasteiger partial charge in [0, 0.05) is 12.1 Å². The zero-order valence-electron chi connectivity index (χ0n) is 10.5. The van der Waals surface area contributed by atoms with Crippen LogP contribution in [-0.2, 0) is 0 Å². The Hall–Kier alpha value is -2.65. The molecular formula is C13H10ClN5O. The summed E-state index contributed by atoms with van der Waals surface area (Å²) in [6.45, 7) is 0. The van der Waals surface area contributed by atoms with Crippen LogP contribution in [0.5, 0.6) is 0 Å². The van der Waals surface area contributed by atoms with Crippen molar-refractivity contribution in [2.75, 3.05) is 17.7 Å². The van der Waals surface area contributed by atoms with Crippen molar-refractivity contribution in [1.29, 1.82) is 5.26 Å². The summed E-state index contributed by atoms with van der Waals surface area (Å²) in [6, 6.07) is 6.60.